The van der Waals surface area contributed by atoms with E-state index in [1.807, 2.05) is 11.3 Å². The SMILES string of the molecule is c1ccc(-c2ccc(N(c3ccc(-c4cccc5sc6c(-c7ccccc7)cccc6c45)cc3)c3ccc4ccc5ccccc5c4c3)c3c2oc2ccccc23)cc1. The summed E-state index contributed by atoms with van der Waals surface area (Å²) in [7, 11) is 0. The van der Waals surface area contributed by atoms with Crippen LogP contribution in [0.25, 0.3) is 97.0 Å². The molecule has 0 saturated carbocycles. The third-order valence-corrected chi connectivity index (χ3v) is 13.1. The van der Waals surface area contributed by atoms with Gasteiger partial charge in [-0.3, -0.25) is 0 Å². The van der Waals surface area contributed by atoms with Gasteiger partial charge in [0.2, 0.25) is 0 Å². The molecule has 0 saturated heterocycles. The monoisotopic (exact) mass is 769 g/mol. The molecule has 2 nitrogen and oxygen atoms in total. The summed E-state index contributed by atoms with van der Waals surface area (Å²) in [5.41, 5.74) is 12.1. The molecule has 0 aliphatic heterocycles. The van der Waals surface area contributed by atoms with Crippen LogP contribution in [0.4, 0.5) is 17.1 Å². The minimum Gasteiger partial charge on any atom is -0.455 e. The topological polar surface area (TPSA) is 16.4 Å². The Kier molecular flexibility index (Phi) is 7.75. The predicted octanol–water partition coefficient (Wildman–Crippen LogP) is 16.7. The molecule has 0 aliphatic rings. The second-order valence-electron chi connectivity index (χ2n) is 15.2. The van der Waals surface area contributed by atoms with E-state index in [9.17, 15) is 0 Å². The van der Waals surface area contributed by atoms with Crippen molar-refractivity contribution in [2.24, 2.45) is 0 Å². The fraction of sp³-hybridized carbons (Fsp3) is 0. The average molecular weight is 770 g/mol. The third-order valence-electron chi connectivity index (χ3n) is 11.9. The molecule has 0 fully saturated rings. The van der Waals surface area contributed by atoms with Crippen molar-refractivity contribution in [1.82, 2.24) is 0 Å². The summed E-state index contributed by atoms with van der Waals surface area (Å²) in [4.78, 5) is 2.41. The molecule has 0 radical (unpaired) electrons. The number of thiophene rings is 1. The van der Waals surface area contributed by atoms with Crippen molar-refractivity contribution in [3.05, 3.63) is 212 Å². The molecule has 59 heavy (non-hydrogen) atoms. The van der Waals surface area contributed by atoms with Gasteiger partial charge in [0.25, 0.3) is 0 Å². The van der Waals surface area contributed by atoms with E-state index in [0.29, 0.717) is 0 Å². The quantitative estimate of drug-likeness (QED) is 0.157. The number of para-hydroxylation sites is 1. The van der Waals surface area contributed by atoms with Gasteiger partial charge in [-0.15, -0.1) is 11.3 Å². The first-order chi connectivity index (χ1) is 29.3. The van der Waals surface area contributed by atoms with Crippen molar-refractivity contribution in [1.29, 1.82) is 0 Å². The fourth-order valence-electron chi connectivity index (χ4n) is 9.12. The number of benzene rings is 10. The summed E-state index contributed by atoms with van der Waals surface area (Å²) >= 11 is 1.88. The molecular formula is C56H35NOS. The summed E-state index contributed by atoms with van der Waals surface area (Å²) in [5.74, 6) is 0. The van der Waals surface area contributed by atoms with Crippen molar-refractivity contribution < 1.29 is 4.42 Å². The highest BCUT2D eigenvalue weighted by molar-refractivity contribution is 7.26. The number of anilines is 3. The lowest BCUT2D eigenvalue weighted by atomic mass is 9.96. The van der Waals surface area contributed by atoms with Gasteiger partial charge in [0.15, 0.2) is 0 Å². The molecule has 0 N–H and O–H groups in total. The first-order valence-corrected chi connectivity index (χ1v) is 20.9. The van der Waals surface area contributed by atoms with E-state index in [1.54, 1.807) is 0 Å². The maximum atomic E-state index is 6.78. The van der Waals surface area contributed by atoms with E-state index < -0.39 is 0 Å². The Balaban J connectivity index is 1.07. The first kappa shape index (κ1) is 33.7. The maximum Gasteiger partial charge on any atom is 0.145 e. The largest absolute Gasteiger partial charge is 0.455 e. The van der Waals surface area contributed by atoms with Gasteiger partial charge in [0, 0.05) is 42.5 Å². The number of nitrogens with zero attached hydrogens (tertiary/aromatic N) is 1. The molecule has 0 aliphatic carbocycles. The zero-order valence-corrected chi connectivity index (χ0v) is 32.8. The second-order valence-corrected chi connectivity index (χ2v) is 16.3. The fourth-order valence-corrected chi connectivity index (χ4v) is 10.4. The van der Waals surface area contributed by atoms with Crippen molar-refractivity contribution in [2.45, 2.75) is 0 Å². The first-order valence-electron chi connectivity index (χ1n) is 20.1. The van der Waals surface area contributed by atoms with Crippen LogP contribution in [0, 0.1) is 0 Å². The van der Waals surface area contributed by atoms with Crippen molar-refractivity contribution >= 4 is 92.1 Å². The Morgan fingerprint density at radius 3 is 1.80 bits per heavy atom. The van der Waals surface area contributed by atoms with Gasteiger partial charge in [0.05, 0.1) is 11.1 Å². The molecule has 2 heterocycles. The summed E-state index contributed by atoms with van der Waals surface area (Å²) in [6.07, 6.45) is 0. The van der Waals surface area contributed by atoms with E-state index in [4.69, 9.17) is 4.42 Å². The highest BCUT2D eigenvalue weighted by atomic mass is 32.1. The summed E-state index contributed by atoms with van der Waals surface area (Å²) in [5, 5.41) is 9.70. The number of fused-ring (bicyclic) bond motifs is 9. The molecular weight excluding hydrogens is 735 g/mol. The number of furan rings is 1. The highest BCUT2D eigenvalue weighted by Crippen LogP contribution is 2.48. The van der Waals surface area contributed by atoms with Gasteiger partial charge >= 0.3 is 0 Å². The molecule has 0 unspecified atom stereocenters. The average Bonchev–Trinajstić information content (AvgIpc) is 3.90. The predicted molar refractivity (Wildman–Crippen MR) is 253 cm³/mol. The number of rotatable bonds is 6. The maximum absolute atomic E-state index is 6.78. The molecule has 2 aromatic heterocycles. The molecule has 0 bridgehead atoms. The van der Waals surface area contributed by atoms with Crippen LogP contribution in [0.15, 0.2) is 217 Å². The van der Waals surface area contributed by atoms with Crippen LogP contribution in [0.1, 0.15) is 0 Å². The minimum absolute atomic E-state index is 0.874. The zero-order valence-electron chi connectivity index (χ0n) is 32.0. The van der Waals surface area contributed by atoms with Crippen molar-refractivity contribution in [3.8, 4) is 33.4 Å². The van der Waals surface area contributed by atoms with Crippen molar-refractivity contribution in [3.63, 3.8) is 0 Å². The van der Waals surface area contributed by atoms with Crippen LogP contribution in [0.2, 0.25) is 0 Å². The van der Waals surface area contributed by atoms with E-state index >= 15 is 0 Å². The van der Waals surface area contributed by atoms with Crippen LogP contribution in [0.5, 0.6) is 0 Å². The molecule has 12 rings (SSSR count). The van der Waals surface area contributed by atoms with Gasteiger partial charge in [-0.25, -0.2) is 0 Å². The summed E-state index contributed by atoms with van der Waals surface area (Å²) < 4.78 is 9.40. The Labute approximate surface area is 345 Å². The third kappa shape index (κ3) is 5.47. The van der Waals surface area contributed by atoms with Crippen LogP contribution in [-0.4, -0.2) is 0 Å². The Bertz CT molecular complexity index is 3550. The summed E-state index contributed by atoms with van der Waals surface area (Å²) in [6, 6.07) is 76.8. The molecule has 0 atom stereocenters. The normalized spacial score (nSPS) is 11.7. The number of hydrogen-bond donors (Lipinski definition) is 0. The van der Waals surface area contributed by atoms with Gasteiger partial charge < -0.3 is 9.32 Å². The van der Waals surface area contributed by atoms with Gasteiger partial charge in [-0.05, 0) is 97.9 Å². The zero-order chi connectivity index (χ0) is 38.9. The minimum atomic E-state index is 0.874. The van der Waals surface area contributed by atoms with E-state index in [-0.39, 0.29) is 0 Å². The van der Waals surface area contributed by atoms with E-state index in [0.717, 1.165) is 50.1 Å². The molecule has 12 aromatic rings. The Morgan fingerprint density at radius 1 is 0.373 bits per heavy atom. The van der Waals surface area contributed by atoms with Crippen LogP contribution >= 0.6 is 11.3 Å². The van der Waals surface area contributed by atoms with Crippen LogP contribution < -0.4 is 4.90 Å². The smallest absolute Gasteiger partial charge is 0.145 e. The standard InChI is InChI=1S/C56H35NOS/c1-3-13-36(14-4-1)45-33-34-50(54-47-19-9-10-23-51(47)58-55(45)54)57(42-32-29-40-26-25-38-17-7-8-18-43(38)49(40)35-42)41-30-27-39(28-31-41)44-20-12-24-52-53(44)48-22-11-21-46(56(48)59-52)37-15-5-2-6-16-37/h1-35H. The molecule has 0 amide bonds. The lowest BCUT2D eigenvalue weighted by Gasteiger charge is -2.27. The molecule has 3 heteroatoms. The Morgan fingerprint density at radius 2 is 0.983 bits per heavy atom. The van der Waals surface area contributed by atoms with E-state index in [2.05, 4.69) is 217 Å². The highest BCUT2D eigenvalue weighted by Gasteiger charge is 2.23. The van der Waals surface area contributed by atoms with Crippen LogP contribution in [-0.2, 0) is 0 Å². The molecule has 276 valence electrons. The van der Waals surface area contributed by atoms with E-state index in [1.165, 1.54) is 64.0 Å². The van der Waals surface area contributed by atoms with Gasteiger partial charge in [-0.2, -0.15) is 0 Å². The second kappa shape index (κ2) is 13.6. The lowest BCUT2D eigenvalue weighted by molar-refractivity contribution is 0.670. The Hall–Kier alpha value is -7.46. The number of hydrogen-bond acceptors (Lipinski definition) is 3. The van der Waals surface area contributed by atoms with Gasteiger partial charge in [-0.1, -0.05) is 164 Å². The lowest BCUT2D eigenvalue weighted by Crippen LogP contribution is -2.10. The summed E-state index contributed by atoms with van der Waals surface area (Å²) in [6.45, 7) is 0. The van der Waals surface area contributed by atoms with Crippen LogP contribution in [0.3, 0.4) is 0 Å². The molecule has 0 spiro atoms. The van der Waals surface area contributed by atoms with Gasteiger partial charge in [0.1, 0.15) is 11.2 Å². The van der Waals surface area contributed by atoms with Crippen molar-refractivity contribution in [2.75, 3.05) is 4.90 Å². The molecule has 10 aromatic carbocycles.